The highest BCUT2D eigenvalue weighted by molar-refractivity contribution is 5.03. The van der Waals surface area contributed by atoms with Gasteiger partial charge in [-0.2, -0.15) is 0 Å². The maximum Gasteiger partial charge on any atom is -0.0287 e. The van der Waals surface area contributed by atoms with Crippen LogP contribution in [0, 0.1) is 23.2 Å². The summed E-state index contributed by atoms with van der Waals surface area (Å²) in [7, 11) is 0. The lowest BCUT2D eigenvalue weighted by molar-refractivity contribution is -0.0904. The highest BCUT2D eigenvalue weighted by atomic mass is 14.6. The Morgan fingerprint density at radius 3 is 2.07 bits per heavy atom. The molecule has 1 spiro atoms. The first-order valence-electron chi connectivity index (χ1n) is 7.23. The van der Waals surface area contributed by atoms with E-state index in [0.29, 0.717) is 0 Å². The Morgan fingerprint density at radius 1 is 1.00 bits per heavy atom. The minimum absolute atomic E-state index is 0.868. The van der Waals surface area contributed by atoms with Gasteiger partial charge in [0.1, 0.15) is 0 Å². The van der Waals surface area contributed by atoms with Crippen LogP contribution in [-0.2, 0) is 0 Å². The second-order valence-corrected chi connectivity index (χ2v) is 6.31. The van der Waals surface area contributed by atoms with Gasteiger partial charge in [0, 0.05) is 0 Å². The fourth-order valence-electron chi connectivity index (χ4n) is 4.45. The van der Waals surface area contributed by atoms with Crippen LogP contribution in [0.4, 0.5) is 0 Å². The van der Waals surface area contributed by atoms with Crippen molar-refractivity contribution in [2.45, 2.75) is 72.1 Å². The van der Waals surface area contributed by atoms with Crippen LogP contribution in [-0.4, -0.2) is 0 Å². The molecule has 0 aromatic rings. The van der Waals surface area contributed by atoms with Gasteiger partial charge in [0.2, 0.25) is 0 Å². The van der Waals surface area contributed by atoms with Gasteiger partial charge >= 0.3 is 0 Å². The van der Waals surface area contributed by atoms with E-state index in [1.54, 1.807) is 25.7 Å². The lowest BCUT2D eigenvalue weighted by atomic mass is 9.45. The molecule has 0 nitrogen and oxygen atoms in total. The third-order valence-corrected chi connectivity index (χ3v) is 5.25. The van der Waals surface area contributed by atoms with E-state index in [0.717, 1.165) is 23.2 Å². The first-order chi connectivity index (χ1) is 7.23. The van der Waals surface area contributed by atoms with Crippen molar-refractivity contribution in [3.8, 4) is 0 Å². The fraction of sp³-hybridized carbons (Fsp3) is 1.00. The van der Waals surface area contributed by atoms with Gasteiger partial charge in [-0.15, -0.1) is 0 Å². The lowest BCUT2D eigenvalue weighted by Gasteiger charge is -2.60. The Morgan fingerprint density at radius 2 is 1.60 bits per heavy atom. The first kappa shape index (κ1) is 11.5. The van der Waals surface area contributed by atoms with Crippen LogP contribution in [0.15, 0.2) is 0 Å². The summed E-state index contributed by atoms with van der Waals surface area (Å²) in [6, 6.07) is 0. The standard InChI is InChI=1S/C15H28/c1-4-7-12-8-15(9-12)10-14(11-15)13(5-2)6-3/h12-14H,4-11H2,1-3H3. The van der Waals surface area contributed by atoms with Crippen molar-refractivity contribution in [3.63, 3.8) is 0 Å². The summed E-state index contributed by atoms with van der Waals surface area (Å²) < 4.78 is 0. The predicted octanol–water partition coefficient (Wildman–Crippen LogP) is 5.03. The van der Waals surface area contributed by atoms with Gasteiger partial charge < -0.3 is 0 Å². The molecule has 15 heavy (non-hydrogen) atoms. The van der Waals surface area contributed by atoms with E-state index in [-0.39, 0.29) is 0 Å². The second-order valence-electron chi connectivity index (χ2n) is 6.31. The molecule has 88 valence electrons. The van der Waals surface area contributed by atoms with Crippen LogP contribution >= 0.6 is 0 Å². The summed E-state index contributed by atoms with van der Waals surface area (Å²) in [5, 5.41) is 0. The topological polar surface area (TPSA) is 0 Å². The fourth-order valence-corrected chi connectivity index (χ4v) is 4.45. The van der Waals surface area contributed by atoms with E-state index in [2.05, 4.69) is 20.8 Å². The number of rotatable bonds is 5. The average molecular weight is 208 g/mol. The molecular weight excluding hydrogens is 180 g/mol. The molecule has 0 bridgehead atoms. The molecule has 0 aromatic carbocycles. The van der Waals surface area contributed by atoms with Crippen LogP contribution in [0.3, 0.4) is 0 Å². The molecule has 2 fully saturated rings. The number of hydrogen-bond donors (Lipinski definition) is 0. The van der Waals surface area contributed by atoms with E-state index in [1.807, 2.05) is 0 Å². The van der Waals surface area contributed by atoms with Gasteiger partial charge in [0.25, 0.3) is 0 Å². The summed E-state index contributed by atoms with van der Waals surface area (Å²) in [6.45, 7) is 7.08. The maximum atomic E-state index is 2.37. The Hall–Kier alpha value is 0. The quantitative estimate of drug-likeness (QED) is 0.594. The Bertz CT molecular complexity index is 188. The third-order valence-electron chi connectivity index (χ3n) is 5.25. The average Bonchev–Trinajstić information content (AvgIpc) is 2.12. The Labute approximate surface area is 95.8 Å². The van der Waals surface area contributed by atoms with Crippen LogP contribution in [0.1, 0.15) is 72.1 Å². The molecule has 2 saturated carbocycles. The van der Waals surface area contributed by atoms with Crippen molar-refractivity contribution in [1.29, 1.82) is 0 Å². The summed E-state index contributed by atoms with van der Waals surface area (Å²) >= 11 is 0. The highest BCUT2D eigenvalue weighted by Crippen LogP contribution is 2.64. The van der Waals surface area contributed by atoms with Crippen molar-refractivity contribution in [2.24, 2.45) is 23.2 Å². The Kier molecular flexibility index (Phi) is 3.42. The van der Waals surface area contributed by atoms with Crippen molar-refractivity contribution < 1.29 is 0 Å². The molecule has 0 heteroatoms. The normalized spacial score (nSPS) is 39.2. The second kappa shape index (κ2) is 4.47. The van der Waals surface area contributed by atoms with Crippen molar-refractivity contribution in [1.82, 2.24) is 0 Å². The van der Waals surface area contributed by atoms with Crippen molar-refractivity contribution in [2.75, 3.05) is 0 Å². The summed E-state index contributed by atoms with van der Waals surface area (Å²) in [4.78, 5) is 0. The summed E-state index contributed by atoms with van der Waals surface area (Å²) in [6.07, 6.45) is 12.0. The minimum Gasteiger partial charge on any atom is -0.0654 e. The predicted molar refractivity (Wildman–Crippen MR) is 66.9 cm³/mol. The lowest BCUT2D eigenvalue weighted by Crippen LogP contribution is -2.49. The zero-order chi connectivity index (χ0) is 10.9. The van der Waals surface area contributed by atoms with E-state index in [9.17, 15) is 0 Å². The first-order valence-corrected chi connectivity index (χ1v) is 7.23. The third kappa shape index (κ3) is 2.10. The van der Waals surface area contributed by atoms with Gasteiger partial charge in [0.05, 0.1) is 0 Å². The maximum absolute atomic E-state index is 2.37. The molecule has 2 rings (SSSR count). The molecule has 0 saturated heterocycles. The van der Waals surface area contributed by atoms with Crippen LogP contribution < -0.4 is 0 Å². The molecule has 0 amide bonds. The molecule has 0 radical (unpaired) electrons. The molecular formula is C15H28. The molecule has 2 aliphatic carbocycles. The van der Waals surface area contributed by atoms with Gasteiger partial charge in [-0.05, 0) is 48.9 Å². The molecule has 0 unspecified atom stereocenters. The van der Waals surface area contributed by atoms with Crippen LogP contribution in [0.2, 0.25) is 0 Å². The highest BCUT2D eigenvalue weighted by Gasteiger charge is 2.53. The van der Waals surface area contributed by atoms with Crippen LogP contribution in [0.5, 0.6) is 0 Å². The minimum atomic E-state index is 0.868. The van der Waals surface area contributed by atoms with Crippen molar-refractivity contribution in [3.05, 3.63) is 0 Å². The molecule has 0 N–H and O–H groups in total. The molecule has 0 heterocycles. The summed E-state index contributed by atoms with van der Waals surface area (Å²) in [5.74, 6) is 3.25. The van der Waals surface area contributed by atoms with E-state index >= 15 is 0 Å². The van der Waals surface area contributed by atoms with Gasteiger partial charge in [0.15, 0.2) is 0 Å². The molecule has 0 aromatic heterocycles. The SMILES string of the molecule is CCCC1CC2(C1)CC(C(CC)CC)C2. The zero-order valence-electron chi connectivity index (χ0n) is 10.9. The largest absolute Gasteiger partial charge is 0.0654 e. The van der Waals surface area contributed by atoms with E-state index < -0.39 is 0 Å². The Balaban J connectivity index is 1.70. The van der Waals surface area contributed by atoms with Gasteiger partial charge in [-0.25, -0.2) is 0 Å². The molecule has 2 aliphatic rings. The van der Waals surface area contributed by atoms with E-state index in [1.165, 1.54) is 25.7 Å². The monoisotopic (exact) mass is 208 g/mol. The van der Waals surface area contributed by atoms with E-state index in [4.69, 9.17) is 0 Å². The summed E-state index contributed by atoms with van der Waals surface area (Å²) in [5.41, 5.74) is 0.868. The van der Waals surface area contributed by atoms with Crippen LogP contribution in [0.25, 0.3) is 0 Å². The smallest absolute Gasteiger partial charge is 0.0287 e. The molecule has 0 aliphatic heterocycles. The number of hydrogen-bond acceptors (Lipinski definition) is 0. The van der Waals surface area contributed by atoms with Gasteiger partial charge in [-0.3, -0.25) is 0 Å². The van der Waals surface area contributed by atoms with Crippen molar-refractivity contribution >= 4 is 0 Å². The zero-order valence-corrected chi connectivity index (χ0v) is 10.9. The van der Waals surface area contributed by atoms with Gasteiger partial charge in [-0.1, -0.05) is 46.5 Å². The molecule has 0 atom stereocenters.